The van der Waals surface area contributed by atoms with E-state index in [1.807, 2.05) is 18.2 Å². The molecular formula is C63H42N2O3. The average molecular weight is 875 g/mol. The van der Waals surface area contributed by atoms with Gasteiger partial charge in [-0.2, -0.15) is 0 Å². The van der Waals surface area contributed by atoms with Crippen LogP contribution in [0.5, 0.6) is 11.5 Å². The van der Waals surface area contributed by atoms with Crippen LogP contribution in [0.2, 0.25) is 0 Å². The van der Waals surface area contributed by atoms with Gasteiger partial charge in [-0.25, -0.2) is 0 Å². The van der Waals surface area contributed by atoms with E-state index in [2.05, 4.69) is 218 Å². The van der Waals surface area contributed by atoms with E-state index in [0.29, 0.717) is 5.92 Å². The first-order chi connectivity index (χ1) is 33.6. The van der Waals surface area contributed by atoms with Crippen LogP contribution >= 0.6 is 0 Å². The number of anilines is 6. The molecule has 0 fully saturated rings. The zero-order valence-electron chi connectivity index (χ0n) is 37.4. The lowest BCUT2D eigenvalue weighted by atomic mass is 9.87. The monoisotopic (exact) mass is 874 g/mol. The van der Waals surface area contributed by atoms with Gasteiger partial charge >= 0.3 is 0 Å². The van der Waals surface area contributed by atoms with Crippen molar-refractivity contribution in [3.63, 3.8) is 0 Å². The first-order valence-corrected chi connectivity index (χ1v) is 23.3. The van der Waals surface area contributed by atoms with Gasteiger partial charge in [0.2, 0.25) is 0 Å². The number of hydrogen-bond acceptors (Lipinski definition) is 5. The second kappa shape index (κ2) is 14.9. The lowest BCUT2D eigenvalue weighted by Crippen LogP contribution is -2.11. The second-order valence-corrected chi connectivity index (χ2v) is 18.2. The Morgan fingerprint density at radius 1 is 0.338 bits per heavy atom. The second-order valence-electron chi connectivity index (χ2n) is 18.2. The van der Waals surface area contributed by atoms with Gasteiger partial charge in [0.1, 0.15) is 22.7 Å². The molecule has 0 aliphatic carbocycles. The molecule has 3 heterocycles. The van der Waals surface area contributed by atoms with Crippen LogP contribution in [0.1, 0.15) is 25.3 Å². The van der Waals surface area contributed by atoms with E-state index in [4.69, 9.17) is 13.6 Å². The average Bonchev–Trinajstić information content (AvgIpc) is 3.97. The van der Waals surface area contributed by atoms with Crippen LogP contribution in [0.15, 0.2) is 221 Å². The van der Waals surface area contributed by atoms with Crippen LogP contribution in [0.4, 0.5) is 34.1 Å². The fourth-order valence-electron chi connectivity index (χ4n) is 10.8. The number of para-hydroxylation sites is 6. The summed E-state index contributed by atoms with van der Waals surface area (Å²) in [5.74, 6) is 1.97. The van der Waals surface area contributed by atoms with Crippen molar-refractivity contribution in [1.82, 2.24) is 0 Å². The van der Waals surface area contributed by atoms with Gasteiger partial charge < -0.3 is 23.4 Å². The predicted octanol–water partition coefficient (Wildman–Crippen LogP) is 18.8. The molecule has 0 unspecified atom stereocenters. The van der Waals surface area contributed by atoms with Gasteiger partial charge in [-0.1, -0.05) is 141 Å². The molecule has 1 aliphatic heterocycles. The summed E-state index contributed by atoms with van der Waals surface area (Å²) in [6.07, 6.45) is 0. The molecule has 14 rings (SSSR count). The molecule has 322 valence electrons. The summed E-state index contributed by atoms with van der Waals surface area (Å²) in [5, 5.41) is 11.3. The third-order valence-electron chi connectivity index (χ3n) is 14.0. The fraction of sp³-hybridized carbons (Fsp3) is 0.0476. The molecule has 13 aromatic rings. The van der Waals surface area contributed by atoms with Crippen molar-refractivity contribution >= 4 is 110 Å². The Morgan fingerprint density at radius 3 is 1.57 bits per heavy atom. The van der Waals surface area contributed by atoms with E-state index >= 15 is 0 Å². The van der Waals surface area contributed by atoms with E-state index in [-0.39, 0.29) is 0 Å². The van der Waals surface area contributed by atoms with Crippen LogP contribution in [0.25, 0.3) is 87.3 Å². The van der Waals surface area contributed by atoms with Crippen molar-refractivity contribution in [3.8, 4) is 22.6 Å². The summed E-state index contributed by atoms with van der Waals surface area (Å²) >= 11 is 0. The lowest BCUT2D eigenvalue weighted by molar-refractivity contribution is 0.487. The molecule has 0 saturated heterocycles. The molecule has 1 aliphatic rings. The van der Waals surface area contributed by atoms with E-state index in [9.17, 15) is 0 Å². The number of ether oxygens (including phenoxy) is 1. The van der Waals surface area contributed by atoms with Crippen molar-refractivity contribution < 1.29 is 13.6 Å². The van der Waals surface area contributed by atoms with Gasteiger partial charge in [0.05, 0.1) is 22.7 Å². The van der Waals surface area contributed by atoms with Gasteiger partial charge in [-0.3, -0.25) is 0 Å². The van der Waals surface area contributed by atoms with Gasteiger partial charge in [0, 0.05) is 55.3 Å². The summed E-state index contributed by atoms with van der Waals surface area (Å²) in [7, 11) is 0. The molecule has 0 bridgehead atoms. The normalized spacial score (nSPS) is 12.2. The molecule has 0 amide bonds. The highest BCUT2D eigenvalue weighted by Crippen LogP contribution is 2.54. The van der Waals surface area contributed by atoms with Crippen molar-refractivity contribution in [3.05, 3.63) is 218 Å². The smallest absolute Gasteiger partial charge is 0.159 e. The standard InChI is InChI=1S/C63H42N2O3/c1-38(2)39-30-32-43-50(34-39)51-36-53-46-33-31-42(64(40-16-5-3-6-17-40)54-25-13-23-48-44-20-9-11-27-57(44)67-62(48)54)35-60(46)66-59-29-15-22-47(61(53)59)52(51)37-56(43)65(41-18-7-4-8-19-41)55-26-14-24-49-45-21-10-12-28-58(45)68-63(49)55/h3-38H,1-2H3. The highest BCUT2D eigenvalue weighted by molar-refractivity contribution is 6.26. The molecule has 2 aromatic heterocycles. The highest BCUT2D eigenvalue weighted by Gasteiger charge is 2.28. The van der Waals surface area contributed by atoms with Gasteiger partial charge in [-0.15, -0.1) is 0 Å². The summed E-state index contributed by atoms with van der Waals surface area (Å²) in [6, 6.07) is 75.6. The first kappa shape index (κ1) is 38.5. The maximum Gasteiger partial charge on any atom is 0.159 e. The number of furan rings is 2. The van der Waals surface area contributed by atoms with Crippen LogP contribution in [0, 0.1) is 0 Å². The van der Waals surface area contributed by atoms with E-state index in [0.717, 1.165) is 122 Å². The Kier molecular flexibility index (Phi) is 8.41. The highest BCUT2D eigenvalue weighted by atomic mass is 16.5. The van der Waals surface area contributed by atoms with E-state index < -0.39 is 0 Å². The SMILES string of the molecule is CC(C)c1ccc2c(N(c3ccccc3)c3cccc4c3oc3ccccc34)cc3c4cccc5c4c(cc3c2c1)-c1ccc(N(c2ccccc2)c2cccc3c2oc2ccccc23)cc1O5. The molecule has 5 heteroatoms. The summed E-state index contributed by atoms with van der Waals surface area (Å²) in [4.78, 5) is 4.66. The minimum Gasteiger partial charge on any atom is -0.456 e. The van der Waals surface area contributed by atoms with Crippen LogP contribution < -0.4 is 14.5 Å². The molecule has 11 aromatic carbocycles. The summed E-state index contributed by atoms with van der Waals surface area (Å²) < 4.78 is 20.4. The quantitative estimate of drug-likeness (QED) is 0.149. The maximum absolute atomic E-state index is 7.06. The van der Waals surface area contributed by atoms with Crippen molar-refractivity contribution in [1.29, 1.82) is 0 Å². The number of nitrogens with zero attached hydrogens (tertiary/aromatic N) is 2. The largest absolute Gasteiger partial charge is 0.456 e. The lowest BCUT2D eigenvalue weighted by Gasteiger charge is -2.29. The predicted molar refractivity (Wildman–Crippen MR) is 282 cm³/mol. The van der Waals surface area contributed by atoms with E-state index in [1.54, 1.807) is 0 Å². The third-order valence-corrected chi connectivity index (χ3v) is 14.0. The fourth-order valence-corrected chi connectivity index (χ4v) is 10.8. The Morgan fingerprint density at radius 2 is 0.897 bits per heavy atom. The van der Waals surface area contributed by atoms with Crippen LogP contribution in [-0.2, 0) is 0 Å². The zero-order chi connectivity index (χ0) is 45.0. The van der Waals surface area contributed by atoms with Crippen molar-refractivity contribution in [2.24, 2.45) is 0 Å². The molecule has 0 saturated carbocycles. The van der Waals surface area contributed by atoms with Crippen molar-refractivity contribution in [2.75, 3.05) is 9.80 Å². The zero-order valence-corrected chi connectivity index (χ0v) is 37.4. The maximum atomic E-state index is 7.06. The summed E-state index contributed by atoms with van der Waals surface area (Å²) in [5.41, 5.74) is 13.0. The van der Waals surface area contributed by atoms with Gasteiger partial charge in [-0.05, 0) is 117 Å². The first-order valence-electron chi connectivity index (χ1n) is 23.3. The topological polar surface area (TPSA) is 42.0 Å². The summed E-state index contributed by atoms with van der Waals surface area (Å²) in [6.45, 7) is 4.55. The molecular weight excluding hydrogens is 833 g/mol. The number of rotatable bonds is 7. The molecule has 0 N–H and O–H groups in total. The van der Waals surface area contributed by atoms with Crippen molar-refractivity contribution in [2.45, 2.75) is 19.8 Å². The molecule has 68 heavy (non-hydrogen) atoms. The molecule has 0 radical (unpaired) electrons. The number of benzene rings is 11. The minimum absolute atomic E-state index is 0.337. The van der Waals surface area contributed by atoms with Crippen LogP contribution in [-0.4, -0.2) is 0 Å². The molecule has 5 nitrogen and oxygen atoms in total. The van der Waals surface area contributed by atoms with Gasteiger partial charge in [0.15, 0.2) is 11.2 Å². The third kappa shape index (κ3) is 5.75. The molecule has 0 spiro atoms. The van der Waals surface area contributed by atoms with Gasteiger partial charge in [0.25, 0.3) is 0 Å². The van der Waals surface area contributed by atoms with Crippen LogP contribution in [0.3, 0.4) is 0 Å². The Labute approximate surface area is 392 Å². The Hall–Kier alpha value is -8.80. The Bertz CT molecular complexity index is 4170. The van der Waals surface area contributed by atoms with E-state index in [1.165, 1.54) is 16.3 Å². The molecule has 0 atom stereocenters. The Balaban J connectivity index is 1.00. The number of fused-ring (bicyclic) bond motifs is 12. The minimum atomic E-state index is 0.337. The number of hydrogen-bond donors (Lipinski definition) is 0.